The van der Waals surface area contributed by atoms with Crippen LogP contribution in [-0.2, 0) is 44.5 Å². The quantitative estimate of drug-likeness (QED) is 0.202. The van der Waals surface area contributed by atoms with Crippen molar-refractivity contribution >= 4 is 29.5 Å². The number of esters is 3. The molecule has 10 heteroatoms. The summed E-state index contributed by atoms with van der Waals surface area (Å²) < 4.78 is 33.8. The summed E-state index contributed by atoms with van der Waals surface area (Å²) in [6.45, 7) is 4.75. The molecule has 0 spiro atoms. The second-order valence-corrected chi connectivity index (χ2v) is 10.4. The lowest BCUT2D eigenvalue weighted by molar-refractivity contribution is -0.216. The molecule has 0 amide bonds. The van der Waals surface area contributed by atoms with E-state index in [-0.39, 0.29) is 13.0 Å². The number of carbonyl (C=O) groups is 3. The number of hydrogen-bond donors (Lipinski definition) is 0. The van der Waals surface area contributed by atoms with E-state index in [4.69, 9.17) is 40.0 Å². The summed E-state index contributed by atoms with van der Waals surface area (Å²) >= 11 is 6.56. The highest BCUT2D eigenvalue weighted by atomic mass is 35.5. The first-order valence-electron chi connectivity index (χ1n) is 13.4. The Kier molecular flexibility index (Phi) is 10.4. The fourth-order valence-corrected chi connectivity index (χ4v) is 4.80. The summed E-state index contributed by atoms with van der Waals surface area (Å²) in [7, 11) is 0. The lowest BCUT2D eigenvalue weighted by atomic mass is 9.92. The summed E-state index contributed by atoms with van der Waals surface area (Å²) in [6, 6.07) is 13.4. The number of rotatable bonds is 12. The molecule has 2 aromatic rings. The highest BCUT2D eigenvalue weighted by Gasteiger charge is 2.44. The van der Waals surface area contributed by atoms with E-state index < -0.39 is 42.3 Å². The first-order chi connectivity index (χ1) is 19.2. The Morgan fingerprint density at radius 3 is 2.30 bits per heavy atom. The molecule has 2 aromatic carbocycles. The van der Waals surface area contributed by atoms with Crippen molar-refractivity contribution in [3.8, 4) is 5.75 Å². The van der Waals surface area contributed by atoms with Gasteiger partial charge in [0.15, 0.2) is 6.10 Å². The van der Waals surface area contributed by atoms with Crippen LogP contribution >= 0.6 is 11.6 Å². The molecule has 1 heterocycles. The van der Waals surface area contributed by atoms with Crippen LogP contribution in [0.5, 0.6) is 5.75 Å². The van der Waals surface area contributed by atoms with E-state index in [2.05, 4.69) is 0 Å². The van der Waals surface area contributed by atoms with Crippen molar-refractivity contribution in [3.63, 3.8) is 0 Å². The van der Waals surface area contributed by atoms with Crippen LogP contribution in [0.1, 0.15) is 62.8 Å². The average molecular weight is 575 g/mol. The van der Waals surface area contributed by atoms with Crippen LogP contribution in [0.2, 0.25) is 5.02 Å². The zero-order chi connectivity index (χ0) is 28.6. The van der Waals surface area contributed by atoms with E-state index in [9.17, 15) is 14.4 Å². The molecule has 0 radical (unpaired) electrons. The van der Waals surface area contributed by atoms with Gasteiger partial charge in [0, 0.05) is 32.2 Å². The van der Waals surface area contributed by atoms with Gasteiger partial charge in [-0.05, 0) is 54.2 Å². The molecule has 1 aliphatic heterocycles. The van der Waals surface area contributed by atoms with Crippen molar-refractivity contribution in [2.75, 3.05) is 19.8 Å². The lowest BCUT2D eigenvalue weighted by Gasteiger charge is -2.40. The molecule has 0 aromatic heterocycles. The fraction of sp³-hybridized carbons (Fsp3) is 0.500. The molecular formula is C30H35ClO9. The van der Waals surface area contributed by atoms with E-state index in [1.54, 1.807) is 6.07 Å². The van der Waals surface area contributed by atoms with E-state index in [0.29, 0.717) is 30.8 Å². The summed E-state index contributed by atoms with van der Waals surface area (Å²) in [5.41, 5.74) is 2.74. The van der Waals surface area contributed by atoms with Crippen LogP contribution in [0.3, 0.4) is 0 Å². The van der Waals surface area contributed by atoms with Gasteiger partial charge in [-0.25, -0.2) is 0 Å². The van der Waals surface area contributed by atoms with Crippen LogP contribution in [-0.4, -0.2) is 62.1 Å². The summed E-state index contributed by atoms with van der Waals surface area (Å²) in [4.78, 5) is 35.2. The minimum absolute atomic E-state index is 0.164. The molecule has 216 valence electrons. The van der Waals surface area contributed by atoms with Crippen molar-refractivity contribution in [2.24, 2.45) is 0 Å². The molecule has 0 bridgehead atoms. The predicted molar refractivity (Wildman–Crippen MR) is 145 cm³/mol. The van der Waals surface area contributed by atoms with E-state index in [1.807, 2.05) is 36.4 Å². The van der Waals surface area contributed by atoms with Gasteiger partial charge in [0.1, 0.15) is 31.2 Å². The molecule has 2 aliphatic rings. The van der Waals surface area contributed by atoms with Gasteiger partial charge >= 0.3 is 17.9 Å². The molecule has 9 nitrogen and oxygen atoms in total. The second kappa shape index (κ2) is 14.0. The maximum atomic E-state index is 11.9. The van der Waals surface area contributed by atoms with Gasteiger partial charge < -0.3 is 28.4 Å². The minimum atomic E-state index is -0.926. The van der Waals surface area contributed by atoms with Crippen LogP contribution in [0.4, 0.5) is 0 Å². The van der Waals surface area contributed by atoms with Gasteiger partial charge in [0.05, 0.1) is 18.8 Å². The lowest BCUT2D eigenvalue weighted by Crippen LogP contribution is -2.51. The van der Waals surface area contributed by atoms with Crippen LogP contribution < -0.4 is 4.74 Å². The minimum Gasteiger partial charge on any atom is -0.491 e. The molecule has 4 rings (SSSR count). The van der Waals surface area contributed by atoms with Gasteiger partial charge in [-0.1, -0.05) is 35.9 Å². The molecule has 1 saturated heterocycles. The predicted octanol–water partition coefficient (Wildman–Crippen LogP) is 4.75. The summed E-state index contributed by atoms with van der Waals surface area (Å²) in [5, 5.41) is 0.600. The molecule has 1 aliphatic carbocycles. The van der Waals surface area contributed by atoms with Gasteiger partial charge in [-0.2, -0.15) is 0 Å². The van der Waals surface area contributed by atoms with E-state index in [0.717, 1.165) is 35.3 Å². The number of halogens is 1. The van der Waals surface area contributed by atoms with Gasteiger partial charge in [-0.3, -0.25) is 14.4 Å². The Morgan fingerprint density at radius 1 is 0.925 bits per heavy atom. The maximum Gasteiger partial charge on any atom is 0.303 e. The first-order valence-corrected chi connectivity index (χ1v) is 13.8. The molecule has 4 atom stereocenters. The molecule has 1 saturated carbocycles. The Morgan fingerprint density at radius 2 is 1.65 bits per heavy atom. The third-order valence-corrected chi connectivity index (χ3v) is 6.95. The number of benzene rings is 2. The monoisotopic (exact) mass is 574 g/mol. The first kappa shape index (κ1) is 29.8. The van der Waals surface area contributed by atoms with Crippen LogP contribution in [0.15, 0.2) is 42.5 Å². The van der Waals surface area contributed by atoms with Crippen molar-refractivity contribution in [1.82, 2.24) is 0 Å². The Hall–Kier alpha value is -3.14. The molecule has 0 unspecified atom stereocenters. The summed E-state index contributed by atoms with van der Waals surface area (Å²) in [5.74, 6) is -0.813. The smallest absolute Gasteiger partial charge is 0.303 e. The Balaban J connectivity index is 1.46. The SMILES string of the molecule is CC(=O)OC[C@H]1O[C@H](c2ccc(Cl)c(Cc3ccc(OCCOC4CC4)cc3)c2)C[C@@H](OC(C)=O)[C@@H]1OC(C)=O. The van der Waals surface area contributed by atoms with E-state index >= 15 is 0 Å². The van der Waals surface area contributed by atoms with Gasteiger partial charge in [0.2, 0.25) is 0 Å². The van der Waals surface area contributed by atoms with Gasteiger partial charge in [0.25, 0.3) is 0 Å². The third kappa shape index (κ3) is 8.94. The zero-order valence-corrected chi connectivity index (χ0v) is 23.7. The zero-order valence-electron chi connectivity index (χ0n) is 22.9. The average Bonchev–Trinajstić information content (AvgIpc) is 3.73. The number of carbonyl (C=O) groups excluding carboxylic acids is 3. The number of ether oxygens (including phenoxy) is 6. The molecule has 0 N–H and O–H groups in total. The fourth-order valence-electron chi connectivity index (χ4n) is 4.61. The van der Waals surface area contributed by atoms with E-state index in [1.165, 1.54) is 20.8 Å². The Bertz CT molecular complexity index is 1180. The van der Waals surface area contributed by atoms with Crippen LogP contribution in [0.25, 0.3) is 0 Å². The number of hydrogen-bond acceptors (Lipinski definition) is 9. The van der Waals surface area contributed by atoms with Gasteiger partial charge in [-0.15, -0.1) is 0 Å². The highest BCUT2D eigenvalue weighted by molar-refractivity contribution is 6.31. The molecule has 40 heavy (non-hydrogen) atoms. The Labute approximate surface area is 239 Å². The van der Waals surface area contributed by atoms with Crippen molar-refractivity contribution in [3.05, 3.63) is 64.2 Å². The molecular weight excluding hydrogens is 540 g/mol. The van der Waals surface area contributed by atoms with Crippen molar-refractivity contribution < 1.29 is 42.8 Å². The van der Waals surface area contributed by atoms with Crippen molar-refractivity contribution in [1.29, 1.82) is 0 Å². The summed E-state index contributed by atoms with van der Waals surface area (Å²) in [6.07, 6.45) is 0.429. The molecule has 2 fully saturated rings. The second-order valence-electron chi connectivity index (χ2n) is 10.0. The third-order valence-electron chi connectivity index (χ3n) is 6.58. The maximum absolute atomic E-state index is 11.9. The topological polar surface area (TPSA) is 107 Å². The highest BCUT2D eigenvalue weighted by Crippen LogP contribution is 2.37. The standard InChI is InChI=1S/C30H35ClO9/c1-18(32)37-17-29-30(39-20(3)34)28(38-19(2)33)16-27(40-29)22-6-11-26(31)23(15-22)14-21-4-7-24(8-5-21)35-12-13-36-25-9-10-25/h4-8,11,15,25,27-30H,9-10,12-14,16-17H2,1-3H3/t27-,28+,29+,30-/m0/s1. The normalized spacial score (nSPS) is 22.3. The van der Waals surface area contributed by atoms with Crippen LogP contribution in [0, 0.1) is 0 Å². The largest absolute Gasteiger partial charge is 0.491 e. The van der Waals surface area contributed by atoms with Crippen molar-refractivity contribution in [2.45, 2.75) is 77.0 Å².